The summed E-state index contributed by atoms with van der Waals surface area (Å²) in [6.45, 7) is 0.0574. The number of hydrogen-bond acceptors (Lipinski definition) is 5. The first-order chi connectivity index (χ1) is 14.6. The molecule has 4 aromatic rings. The molecular formula is C22H16F2N4OS. The van der Waals surface area contributed by atoms with Gasteiger partial charge in [0.2, 0.25) is 5.91 Å². The molecule has 3 heterocycles. The molecule has 0 aliphatic rings. The van der Waals surface area contributed by atoms with Gasteiger partial charge in [0.1, 0.15) is 16.6 Å². The molecule has 0 spiro atoms. The summed E-state index contributed by atoms with van der Waals surface area (Å²) in [5, 5.41) is 2.54. The van der Waals surface area contributed by atoms with Crippen LogP contribution in [-0.2, 0) is 17.8 Å². The van der Waals surface area contributed by atoms with E-state index >= 15 is 0 Å². The summed E-state index contributed by atoms with van der Waals surface area (Å²) in [6, 6.07) is 12.1. The third kappa shape index (κ3) is 4.55. The van der Waals surface area contributed by atoms with Crippen molar-refractivity contribution in [3.8, 4) is 10.6 Å². The summed E-state index contributed by atoms with van der Waals surface area (Å²) >= 11 is 1.40. The minimum absolute atomic E-state index is 0.00485. The number of rotatable bonds is 6. The van der Waals surface area contributed by atoms with E-state index in [2.05, 4.69) is 15.0 Å². The van der Waals surface area contributed by atoms with Crippen molar-refractivity contribution >= 4 is 22.9 Å². The lowest BCUT2D eigenvalue weighted by atomic mass is 10.2. The van der Waals surface area contributed by atoms with E-state index in [1.54, 1.807) is 42.2 Å². The Bertz CT molecular complexity index is 1150. The van der Waals surface area contributed by atoms with Crippen molar-refractivity contribution in [1.29, 1.82) is 0 Å². The normalized spacial score (nSPS) is 10.7. The van der Waals surface area contributed by atoms with E-state index in [-0.39, 0.29) is 24.6 Å². The van der Waals surface area contributed by atoms with Crippen LogP contribution in [0.4, 0.5) is 14.5 Å². The first-order valence-electron chi connectivity index (χ1n) is 9.10. The average molecular weight is 422 g/mol. The number of pyridine rings is 2. The lowest BCUT2D eigenvalue weighted by molar-refractivity contribution is -0.118. The summed E-state index contributed by atoms with van der Waals surface area (Å²) in [4.78, 5) is 27.1. The summed E-state index contributed by atoms with van der Waals surface area (Å²) in [5.74, 6) is -1.88. The van der Waals surface area contributed by atoms with Crippen LogP contribution < -0.4 is 4.90 Å². The highest BCUT2D eigenvalue weighted by Gasteiger charge is 2.22. The molecule has 150 valence electrons. The summed E-state index contributed by atoms with van der Waals surface area (Å²) in [7, 11) is 0. The van der Waals surface area contributed by atoms with Gasteiger partial charge >= 0.3 is 0 Å². The molecule has 0 saturated carbocycles. The molecule has 1 amide bonds. The van der Waals surface area contributed by atoms with Gasteiger partial charge in [-0.25, -0.2) is 13.8 Å². The fraction of sp³-hybridized carbons (Fsp3) is 0.0909. The zero-order valence-corrected chi connectivity index (χ0v) is 16.5. The molecule has 0 atom stereocenters. The molecule has 0 aliphatic carbocycles. The van der Waals surface area contributed by atoms with E-state index in [1.807, 2.05) is 12.1 Å². The van der Waals surface area contributed by atoms with Gasteiger partial charge in [-0.3, -0.25) is 14.8 Å². The number of anilines is 1. The Morgan fingerprint density at radius 1 is 1.03 bits per heavy atom. The second-order valence-corrected chi connectivity index (χ2v) is 7.32. The molecule has 8 heteroatoms. The lowest BCUT2D eigenvalue weighted by Gasteiger charge is -2.23. The number of benzene rings is 1. The molecule has 0 aliphatic heterocycles. The second-order valence-electron chi connectivity index (χ2n) is 6.46. The van der Waals surface area contributed by atoms with Crippen LogP contribution in [-0.4, -0.2) is 20.9 Å². The number of thiazole rings is 1. The number of aromatic nitrogens is 3. The van der Waals surface area contributed by atoms with Crippen molar-refractivity contribution in [3.05, 3.63) is 95.5 Å². The topological polar surface area (TPSA) is 59.0 Å². The fourth-order valence-corrected chi connectivity index (χ4v) is 3.73. The van der Waals surface area contributed by atoms with Crippen molar-refractivity contribution in [2.45, 2.75) is 13.0 Å². The van der Waals surface area contributed by atoms with Crippen molar-refractivity contribution < 1.29 is 13.6 Å². The Morgan fingerprint density at radius 3 is 2.67 bits per heavy atom. The molecule has 0 fully saturated rings. The largest absolute Gasteiger partial charge is 0.303 e. The van der Waals surface area contributed by atoms with E-state index in [0.717, 1.165) is 22.7 Å². The zero-order chi connectivity index (χ0) is 20.9. The predicted molar refractivity (Wildman–Crippen MR) is 111 cm³/mol. The van der Waals surface area contributed by atoms with Crippen LogP contribution in [0.3, 0.4) is 0 Å². The smallest absolute Gasteiger partial charge is 0.233 e. The van der Waals surface area contributed by atoms with Crippen molar-refractivity contribution in [2.75, 3.05) is 4.90 Å². The third-order valence-corrected chi connectivity index (χ3v) is 5.28. The zero-order valence-electron chi connectivity index (χ0n) is 15.7. The van der Waals surface area contributed by atoms with E-state index in [0.29, 0.717) is 11.4 Å². The number of carbonyl (C=O) groups is 1. The standard InChI is InChI=1S/C22H16F2N4OS/c23-16-6-7-20(19(24)10-16)28(13-17-5-1-2-9-26-17)21(29)11-18-14-30-22(27-18)15-4-3-8-25-12-15/h1-10,12,14H,11,13H2. The van der Waals surface area contributed by atoms with E-state index in [1.165, 1.54) is 22.3 Å². The molecule has 4 rings (SSSR count). The maximum Gasteiger partial charge on any atom is 0.233 e. The van der Waals surface area contributed by atoms with Gasteiger partial charge in [-0.05, 0) is 36.4 Å². The fourth-order valence-electron chi connectivity index (χ4n) is 2.92. The van der Waals surface area contributed by atoms with E-state index in [4.69, 9.17) is 0 Å². The van der Waals surface area contributed by atoms with Crippen molar-refractivity contribution in [2.24, 2.45) is 0 Å². The predicted octanol–water partition coefficient (Wildman–Crippen LogP) is 4.65. The van der Waals surface area contributed by atoms with Gasteiger partial charge in [0.05, 0.1) is 30.0 Å². The maximum atomic E-state index is 14.5. The summed E-state index contributed by atoms with van der Waals surface area (Å²) in [6.07, 6.45) is 4.94. The Morgan fingerprint density at radius 2 is 1.93 bits per heavy atom. The van der Waals surface area contributed by atoms with Crippen LogP contribution in [0.2, 0.25) is 0 Å². The molecule has 0 radical (unpaired) electrons. The number of carbonyl (C=O) groups excluding carboxylic acids is 1. The van der Waals surface area contributed by atoms with Crippen molar-refractivity contribution in [3.63, 3.8) is 0 Å². The van der Waals surface area contributed by atoms with Gasteiger partial charge in [-0.2, -0.15) is 0 Å². The minimum Gasteiger partial charge on any atom is -0.303 e. The van der Waals surface area contributed by atoms with Gasteiger partial charge in [0.15, 0.2) is 0 Å². The molecule has 0 saturated heterocycles. The van der Waals surface area contributed by atoms with Crippen LogP contribution in [0.5, 0.6) is 0 Å². The molecule has 1 aromatic carbocycles. The highest BCUT2D eigenvalue weighted by Crippen LogP contribution is 2.25. The lowest BCUT2D eigenvalue weighted by Crippen LogP contribution is -2.33. The molecule has 0 unspecified atom stereocenters. The van der Waals surface area contributed by atoms with Gasteiger partial charge in [0.25, 0.3) is 0 Å². The first kappa shape index (κ1) is 19.8. The minimum atomic E-state index is -0.811. The van der Waals surface area contributed by atoms with E-state index < -0.39 is 11.6 Å². The van der Waals surface area contributed by atoms with Crippen LogP contribution in [0.1, 0.15) is 11.4 Å². The second kappa shape index (κ2) is 8.87. The van der Waals surface area contributed by atoms with E-state index in [9.17, 15) is 13.6 Å². The molecule has 0 N–H and O–H groups in total. The maximum absolute atomic E-state index is 14.5. The van der Waals surface area contributed by atoms with Crippen LogP contribution in [0.15, 0.2) is 72.5 Å². The van der Waals surface area contributed by atoms with Crippen molar-refractivity contribution in [1.82, 2.24) is 15.0 Å². The number of halogens is 2. The Balaban J connectivity index is 1.60. The monoisotopic (exact) mass is 422 g/mol. The SMILES string of the molecule is O=C(Cc1csc(-c2cccnc2)n1)N(Cc1ccccn1)c1ccc(F)cc1F. The van der Waals surface area contributed by atoms with Gasteiger partial charge in [-0.15, -0.1) is 11.3 Å². The van der Waals surface area contributed by atoms with Crippen LogP contribution in [0, 0.1) is 11.6 Å². The Labute approximate surface area is 175 Å². The van der Waals surface area contributed by atoms with Crippen LogP contribution >= 0.6 is 11.3 Å². The average Bonchev–Trinajstić information content (AvgIpc) is 3.22. The molecule has 0 bridgehead atoms. The quantitative estimate of drug-likeness (QED) is 0.454. The third-order valence-electron chi connectivity index (χ3n) is 4.34. The van der Waals surface area contributed by atoms with Crippen LogP contribution in [0.25, 0.3) is 10.6 Å². The van der Waals surface area contributed by atoms with Gasteiger partial charge < -0.3 is 4.90 Å². The molecule has 3 aromatic heterocycles. The van der Waals surface area contributed by atoms with Gasteiger partial charge in [0, 0.05) is 35.6 Å². The Kier molecular flexibility index (Phi) is 5.85. The highest BCUT2D eigenvalue weighted by atomic mass is 32.1. The molecule has 30 heavy (non-hydrogen) atoms. The number of amides is 1. The molecule has 5 nitrogen and oxygen atoms in total. The number of nitrogens with zero attached hydrogens (tertiary/aromatic N) is 4. The first-order valence-corrected chi connectivity index (χ1v) is 9.98. The summed E-state index contributed by atoms with van der Waals surface area (Å²) in [5.41, 5.74) is 2.01. The highest BCUT2D eigenvalue weighted by molar-refractivity contribution is 7.13. The van der Waals surface area contributed by atoms with Gasteiger partial charge in [-0.1, -0.05) is 6.07 Å². The Hall–Kier alpha value is -3.52. The molecular weight excluding hydrogens is 406 g/mol. The number of hydrogen-bond donors (Lipinski definition) is 0. The summed E-state index contributed by atoms with van der Waals surface area (Å²) < 4.78 is 27.8.